The standard InChI is InChI=1S/C25H17N5O5/c31-18-11-21(32)19(22(33)12-18)13-27-28-23(34)14-3-5-15(6-4-14)24-29-30-25(35-24)17-7-8-20-16(10-17)2-1-9-26-20/h1-13,31-33H,(H,28,34)/b27-13+. The molecule has 2 aromatic heterocycles. The lowest BCUT2D eigenvalue weighted by Gasteiger charge is -2.04. The molecule has 2 heterocycles. The van der Waals surface area contributed by atoms with Gasteiger partial charge in [-0.3, -0.25) is 9.78 Å². The second-order valence-electron chi connectivity index (χ2n) is 7.50. The highest BCUT2D eigenvalue weighted by Gasteiger charge is 2.13. The molecule has 0 aliphatic rings. The Bertz CT molecular complexity index is 1550. The molecule has 0 aliphatic heterocycles. The molecule has 3 aromatic carbocycles. The number of carbonyl (C=O) groups excluding carboxylic acids is 1. The van der Waals surface area contributed by atoms with Gasteiger partial charge in [0, 0.05) is 40.4 Å². The molecule has 1 amide bonds. The average Bonchev–Trinajstić information content (AvgIpc) is 3.36. The molecule has 0 unspecified atom stereocenters. The summed E-state index contributed by atoms with van der Waals surface area (Å²) in [4.78, 5) is 16.7. The van der Waals surface area contributed by atoms with Crippen molar-refractivity contribution in [2.75, 3.05) is 0 Å². The van der Waals surface area contributed by atoms with E-state index in [4.69, 9.17) is 4.42 Å². The number of aromatic hydroxyl groups is 3. The van der Waals surface area contributed by atoms with Crippen LogP contribution >= 0.6 is 0 Å². The van der Waals surface area contributed by atoms with Crippen molar-refractivity contribution in [2.45, 2.75) is 0 Å². The van der Waals surface area contributed by atoms with E-state index >= 15 is 0 Å². The molecule has 4 N–H and O–H groups in total. The minimum absolute atomic E-state index is 0.0478. The quantitative estimate of drug-likeness (QED) is 0.225. The zero-order valence-corrected chi connectivity index (χ0v) is 18.0. The van der Waals surface area contributed by atoms with E-state index < -0.39 is 5.91 Å². The largest absolute Gasteiger partial charge is 0.508 e. The second-order valence-corrected chi connectivity index (χ2v) is 7.50. The fourth-order valence-corrected chi connectivity index (χ4v) is 3.39. The van der Waals surface area contributed by atoms with E-state index in [1.54, 1.807) is 30.5 Å². The number of benzene rings is 3. The van der Waals surface area contributed by atoms with Crippen LogP contribution in [0.2, 0.25) is 0 Å². The van der Waals surface area contributed by atoms with E-state index in [1.165, 1.54) is 0 Å². The molecular weight excluding hydrogens is 450 g/mol. The van der Waals surface area contributed by atoms with Crippen molar-refractivity contribution in [1.29, 1.82) is 0 Å². The van der Waals surface area contributed by atoms with E-state index in [0.717, 1.165) is 34.8 Å². The summed E-state index contributed by atoms with van der Waals surface area (Å²) < 4.78 is 5.82. The van der Waals surface area contributed by atoms with Crippen LogP contribution in [0.25, 0.3) is 33.8 Å². The van der Waals surface area contributed by atoms with E-state index in [-0.39, 0.29) is 22.8 Å². The highest BCUT2D eigenvalue weighted by atomic mass is 16.4. The van der Waals surface area contributed by atoms with Crippen LogP contribution in [0.3, 0.4) is 0 Å². The Kier molecular flexibility index (Phi) is 5.52. The fourth-order valence-electron chi connectivity index (χ4n) is 3.39. The lowest BCUT2D eigenvalue weighted by atomic mass is 10.1. The fraction of sp³-hybridized carbons (Fsp3) is 0. The highest BCUT2D eigenvalue weighted by Crippen LogP contribution is 2.30. The van der Waals surface area contributed by atoms with Gasteiger partial charge >= 0.3 is 0 Å². The molecule has 0 radical (unpaired) electrons. The Balaban J connectivity index is 1.28. The van der Waals surface area contributed by atoms with Gasteiger partial charge in [-0.25, -0.2) is 5.43 Å². The summed E-state index contributed by atoms with van der Waals surface area (Å²) in [6.07, 6.45) is 2.80. The van der Waals surface area contributed by atoms with E-state index in [0.29, 0.717) is 22.9 Å². The Morgan fingerprint density at radius 2 is 1.57 bits per heavy atom. The number of hydrazone groups is 1. The van der Waals surface area contributed by atoms with Crippen LogP contribution in [0, 0.1) is 0 Å². The lowest BCUT2D eigenvalue weighted by Crippen LogP contribution is -2.17. The van der Waals surface area contributed by atoms with E-state index in [2.05, 4.69) is 25.7 Å². The maximum atomic E-state index is 12.4. The van der Waals surface area contributed by atoms with Gasteiger partial charge in [0.2, 0.25) is 11.8 Å². The smallest absolute Gasteiger partial charge is 0.271 e. The average molecular weight is 467 g/mol. The van der Waals surface area contributed by atoms with Crippen LogP contribution in [-0.4, -0.2) is 42.6 Å². The van der Waals surface area contributed by atoms with Gasteiger partial charge in [0.25, 0.3) is 5.91 Å². The monoisotopic (exact) mass is 467 g/mol. The molecule has 0 saturated heterocycles. The third-order valence-electron chi connectivity index (χ3n) is 5.15. The second kappa shape index (κ2) is 8.94. The molecule has 0 fully saturated rings. The summed E-state index contributed by atoms with van der Waals surface area (Å²) in [6.45, 7) is 0. The Morgan fingerprint density at radius 1 is 0.886 bits per heavy atom. The minimum atomic E-state index is -0.512. The molecule has 0 saturated carbocycles. The summed E-state index contributed by atoms with van der Waals surface area (Å²) in [6, 6.07) is 18.0. The SMILES string of the molecule is O=C(N/N=C/c1c(O)cc(O)cc1O)c1ccc(-c2nnc(-c3ccc4ncccc4c3)o2)cc1. The van der Waals surface area contributed by atoms with Crippen molar-refractivity contribution in [2.24, 2.45) is 5.10 Å². The molecule has 5 aromatic rings. The first-order valence-electron chi connectivity index (χ1n) is 10.4. The highest BCUT2D eigenvalue weighted by molar-refractivity contribution is 5.96. The summed E-state index contributed by atoms with van der Waals surface area (Å²) in [7, 11) is 0. The first-order chi connectivity index (χ1) is 17.0. The number of fused-ring (bicyclic) bond motifs is 1. The van der Waals surface area contributed by atoms with Crippen LogP contribution in [0.15, 0.2) is 82.4 Å². The lowest BCUT2D eigenvalue weighted by molar-refractivity contribution is 0.0955. The molecule has 0 spiro atoms. The molecule has 10 heteroatoms. The zero-order valence-electron chi connectivity index (χ0n) is 18.0. The number of rotatable bonds is 5. The van der Waals surface area contributed by atoms with E-state index in [1.807, 2.05) is 30.3 Å². The van der Waals surface area contributed by atoms with Gasteiger partial charge in [-0.05, 0) is 48.5 Å². The molecule has 0 bridgehead atoms. The number of nitrogens with zero attached hydrogens (tertiary/aromatic N) is 4. The van der Waals surface area contributed by atoms with Gasteiger partial charge in [-0.1, -0.05) is 6.07 Å². The molecule has 10 nitrogen and oxygen atoms in total. The van der Waals surface area contributed by atoms with Crippen LogP contribution in [-0.2, 0) is 0 Å². The summed E-state index contributed by atoms with van der Waals surface area (Å²) >= 11 is 0. The Labute approximate surface area is 197 Å². The zero-order chi connectivity index (χ0) is 24.4. The van der Waals surface area contributed by atoms with Crippen LogP contribution < -0.4 is 5.43 Å². The number of aromatic nitrogens is 3. The number of amides is 1. The van der Waals surface area contributed by atoms with Crippen LogP contribution in [0.5, 0.6) is 17.2 Å². The van der Waals surface area contributed by atoms with Crippen molar-refractivity contribution in [3.05, 3.63) is 84.1 Å². The van der Waals surface area contributed by atoms with Crippen LogP contribution in [0.1, 0.15) is 15.9 Å². The number of nitrogens with one attached hydrogen (secondary N) is 1. The summed E-state index contributed by atoms with van der Waals surface area (Å²) in [5.41, 5.74) is 4.83. The topological polar surface area (TPSA) is 154 Å². The number of phenolic OH excluding ortho intramolecular Hbond substituents is 3. The van der Waals surface area contributed by atoms with E-state index in [9.17, 15) is 20.1 Å². The maximum absolute atomic E-state index is 12.4. The van der Waals surface area contributed by atoms with Crippen molar-refractivity contribution >= 4 is 23.0 Å². The molecular formula is C25H17N5O5. The number of hydrogen-bond donors (Lipinski definition) is 4. The number of carbonyl (C=O) groups is 1. The Morgan fingerprint density at radius 3 is 2.31 bits per heavy atom. The Hall–Kier alpha value is -5.25. The predicted octanol–water partition coefficient (Wildman–Crippen LogP) is 3.83. The van der Waals surface area contributed by atoms with Gasteiger partial charge in [0.1, 0.15) is 17.2 Å². The molecule has 172 valence electrons. The number of hydrogen-bond acceptors (Lipinski definition) is 9. The maximum Gasteiger partial charge on any atom is 0.271 e. The van der Waals surface area contributed by atoms with Gasteiger partial charge in [0.15, 0.2) is 0 Å². The minimum Gasteiger partial charge on any atom is -0.508 e. The van der Waals surface area contributed by atoms with Gasteiger partial charge in [0.05, 0.1) is 17.3 Å². The van der Waals surface area contributed by atoms with Crippen molar-refractivity contribution < 1.29 is 24.5 Å². The molecule has 0 atom stereocenters. The molecule has 5 rings (SSSR count). The molecule has 35 heavy (non-hydrogen) atoms. The van der Waals surface area contributed by atoms with Crippen molar-refractivity contribution in [3.63, 3.8) is 0 Å². The van der Waals surface area contributed by atoms with Gasteiger partial charge in [-0.2, -0.15) is 5.10 Å². The first kappa shape index (κ1) is 21.6. The number of phenols is 3. The van der Waals surface area contributed by atoms with Gasteiger partial charge < -0.3 is 19.7 Å². The van der Waals surface area contributed by atoms with Crippen molar-refractivity contribution in [3.8, 4) is 40.2 Å². The summed E-state index contributed by atoms with van der Waals surface area (Å²) in [5.74, 6) is -0.920. The molecule has 0 aliphatic carbocycles. The third kappa shape index (κ3) is 4.48. The van der Waals surface area contributed by atoms with Crippen LogP contribution in [0.4, 0.5) is 0 Å². The van der Waals surface area contributed by atoms with Gasteiger partial charge in [-0.15, -0.1) is 10.2 Å². The van der Waals surface area contributed by atoms with Crippen molar-refractivity contribution in [1.82, 2.24) is 20.6 Å². The predicted molar refractivity (Wildman–Crippen MR) is 127 cm³/mol. The third-order valence-corrected chi connectivity index (χ3v) is 5.15. The first-order valence-corrected chi connectivity index (χ1v) is 10.4. The summed E-state index contributed by atoms with van der Waals surface area (Å²) in [5, 5.41) is 41.8. The number of pyridine rings is 1. The normalized spacial score (nSPS) is 11.2.